The van der Waals surface area contributed by atoms with Crippen LogP contribution in [0.4, 0.5) is 5.69 Å². The SMILES string of the molecule is CC[C@H](C)NC(=O)[C@@H](Cc1ccccc1)N(Cc1cccc(Br)c1)C(=O)CCCN(c1cc(Cl)ccc1C)S(C)(=O)=O. The molecule has 0 aliphatic rings. The average molecular weight is 677 g/mol. The molecule has 0 fully saturated rings. The Balaban J connectivity index is 1.91. The molecule has 3 aromatic rings. The van der Waals surface area contributed by atoms with Crippen LogP contribution in [0.1, 0.15) is 49.8 Å². The zero-order valence-electron chi connectivity index (χ0n) is 24.5. The summed E-state index contributed by atoms with van der Waals surface area (Å²) in [6.07, 6.45) is 2.57. The number of hydrogen-bond donors (Lipinski definition) is 1. The van der Waals surface area contributed by atoms with Gasteiger partial charge in [0.1, 0.15) is 6.04 Å². The third-order valence-electron chi connectivity index (χ3n) is 7.11. The predicted octanol–water partition coefficient (Wildman–Crippen LogP) is 6.51. The first-order valence-corrected chi connectivity index (χ1v) is 17.0. The lowest BCUT2D eigenvalue weighted by Crippen LogP contribution is -2.52. The van der Waals surface area contributed by atoms with Crippen LogP contribution in [0.5, 0.6) is 0 Å². The number of sulfonamides is 1. The van der Waals surface area contributed by atoms with Crippen LogP contribution in [0, 0.1) is 6.92 Å². The molecule has 2 atom stereocenters. The van der Waals surface area contributed by atoms with Crippen molar-refractivity contribution in [2.75, 3.05) is 17.1 Å². The Morgan fingerprint density at radius 3 is 2.33 bits per heavy atom. The molecule has 0 saturated heterocycles. The van der Waals surface area contributed by atoms with Gasteiger partial charge in [-0.2, -0.15) is 0 Å². The first kappa shape index (κ1) is 33.6. The van der Waals surface area contributed by atoms with E-state index in [0.29, 0.717) is 17.1 Å². The minimum atomic E-state index is -3.64. The average Bonchev–Trinajstić information content (AvgIpc) is 2.94. The van der Waals surface area contributed by atoms with Crippen LogP contribution >= 0.6 is 27.5 Å². The second-order valence-corrected chi connectivity index (χ2v) is 13.8. The maximum absolute atomic E-state index is 14.0. The molecular formula is C32H39BrClN3O4S. The van der Waals surface area contributed by atoms with Gasteiger partial charge in [0.15, 0.2) is 0 Å². The van der Waals surface area contributed by atoms with Crippen LogP contribution in [0.25, 0.3) is 0 Å². The van der Waals surface area contributed by atoms with Crippen molar-refractivity contribution in [1.29, 1.82) is 0 Å². The summed E-state index contributed by atoms with van der Waals surface area (Å²) >= 11 is 9.68. The number of benzene rings is 3. The summed E-state index contributed by atoms with van der Waals surface area (Å²) in [4.78, 5) is 29.3. The Kier molecular flexibility index (Phi) is 12.4. The number of carbonyl (C=O) groups is 2. The molecule has 0 radical (unpaired) electrons. The lowest BCUT2D eigenvalue weighted by molar-refractivity contribution is -0.141. The highest BCUT2D eigenvalue weighted by Gasteiger charge is 2.31. The van der Waals surface area contributed by atoms with E-state index in [1.807, 2.05) is 75.4 Å². The molecule has 7 nitrogen and oxygen atoms in total. The summed E-state index contributed by atoms with van der Waals surface area (Å²) in [7, 11) is -3.64. The molecule has 3 aromatic carbocycles. The van der Waals surface area contributed by atoms with E-state index in [1.54, 1.807) is 23.1 Å². The van der Waals surface area contributed by atoms with Gasteiger partial charge in [-0.1, -0.05) is 83.0 Å². The first-order chi connectivity index (χ1) is 19.9. The number of halogens is 2. The van der Waals surface area contributed by atoms with Gasteiger partial charge in [-0.3, -0.25) is 13.9 Å². The van der Waals surface area contributed by atoms with Crippen molar-refractivity contribution in [3.8, 4) is 0 Å². The van der Waals surface area contributed by atoms with Crippen molar-refractivity contribution in [1.82, 2.24) is 10.2 Å². The molecule has 0 unspecified atom stereocenters. The Labute approximate surface area is 263 Å². The van der Waals surface area contributed by atoms with E-state index in [4.69, 9.17) is 11.6 Å². The zero-order chi connectivity index (χ0) is 30.9. The van der Waals surface area contributed by atoms with E-state index in [1.165, 1.54) is 4.31 Å². The highest BCUT2D eigenvalue weighted by atomic mass is 79.9. The van der Waals surface area contributed by atoms with Crippen LogP contribution in [0.15, 0.2) is 77.3 Å². The number of aryl methyl sites for hydroxylation is 1. The molecule has 2 amide bonds. The lowest BCUT2D eigenvalue weighted by Gasteiger charge is -2.33. The number of nitrogens with zero attached hydrogens (tertiary/aromatic N) is 2. The molecule has 0 spiro atoms. The molecule has 0 aliphatic heterocycles. The number of hydrogen-bond acceptors (Lipinski definition) is 4. The summed E-state index contributed by atoms with van der Waals surface area (Å²) in [6.45, 7) is 6.08. The van der Waals surface area contributed by atoms with Crippen molar-refractivity contribution in [2.45, 2.75) is 65.1 Å². The Bertz CT molecular complexity index is 1470. The number of nitrogens with one attached hydrogen (secondary N) is 1. The third-order valence-corrected chi connectivity index (χ3v) is 9.01. The van der Waals surface area contributed by atoms with Gasteiger partial charge in [0.2, 0.25) is 21.8 Å². The summed E-state index contributed by atoms with van der Waals surface area (Å²) < 4.78 is 27.6. The Morgan fingerprint density at radius 2 is 1.69 bits per heavy atom. The highest BCUT2D eigenvalue weighted by Crippen LogP contribution is 2.27. The monoisotopic (exact) mass is 675 g/mol. The second-order valence-electron chi connectivity index (χ2n) is 10.5. The van der Waals surface area contributed by atoms with Crippen LogP contribution < -0.4 is 9.62 Å². The maximum atomic E-state index is 14.0. The van der Waals surface area contributed by atoms with E-state index >= 15 is 0 Å². The molecule has 0 aromatic heterocycles. The van der Waals surface area contributed by atoms with Crippen LogP contribution in [0.2, 0.25) is 5.02 Å². The van der Waals surface area contributed by atoms with Crippen LogP contribution in [0.3, 0.4) is 0 Å². The van der Waals surface area contributed by atoms with Crippen molar-refractivity contribution in [3.63, 3.8) is 0 Å². The van der Waals surface area contributed by atoms with Gasteiger partial charge in [0, 0.05) is 41.5 Å². The zero-order valence-corrected chi connectivity index (χ0v) is 27.7. The fourth-order valence-corrected chi connectivity index (χ4v) is 6.29. The standard InChI is InChI=1S/C32H39BrClN3O4S/c1-5-24(3)35-32(39)30(20-25-11-7-6-8-12-25)36(22-26-13-9-14-27(33)19-26)31(38)15-10-18-37(42(4,40)41)29-21-28(34)17-16-23(29)2/h6-9,11-14,16-17,19,21,24,30H,5,10,15,18,20,22H2,1-4H3,(H,35,39)/t24-,30+/m0/s1. The van der Waals surface area contributed by atoms with Crippen LogP contribution in [-0.4, -0.2) is 50.0 Å². The summed E-state index contributed by atoms with van der Waals surface area (Å²) in [5.41, 5.74) is 3.06. The van der Waals surface area contributed by atoms with E-state index in [9.17, 15) is 18.0 Å². The molecule has 10 heteroatoms. The fourth-order valence-electron chi connectivity index (χ4n) is 4.66. The molecule has 0 saturated carbocycles. The summed E-state index contributed by atoms with van der Waals surface area (Å²) in [5, 5.41) is 3.49. The molecule has 3 rings (SSSR count). The Hall–Kier alpha value is -2.88. The first-order valence-electron chi connectivity index (χ1n) is 14.0. The third kappa shape index (κ3) is 9.85. The molecule has 1 N–H and O–H groups in total. The van der Waals surface area contributed by atoms with Gasteiger partial charge in [-0.15, -0.1) is 0 Å². The highest BCUT2D eigenvalue weighted by molar-refractivity contribution is 9.10. The van der Waals surface area contributed by atoms with Crippen LogP contribution in [-0.2, 0) is 32.6 Å². The van der Waals surface area contributed by atoms with Crippen molar-refractivity contribution < 1.29 is 18.0 Å². The molecule has 226 valence electrons. The predicted molar refractivity (Wildman–Crippen MR) is 174 cm³/mol. The number of rotatable bonds is 14. The van der Waals surface area contributed by atoms with E-state index < -0.39 is 16.1 Å². The molecule has 0 heterocycles. The van der Waals surface area contributed by atoms with Gasteiger partial charge in [0.25, 0.3) is 0 Å². The summed E-state index contributed by atoms with van der Waals surface area (Å²) in [6, 6.07) is 21.6. The molecule has 0 aliphatic carbocycles. The van der Waals surface area contributed by atoms with Gasteiger partial charge in [-0.25, -0.2) is 8.42 Å². The second kappa shape index (κ2) is 15.5. The Morgan fingerprint density at radius 1 is 1.00 bits per heavy atom. The number of anilines is 1. The molecular weight excluding hydrogens is 638 g/mol. The van der Waals surface area contributed by atoms with E-state index in [2.05, 4.69) is 21.2 Å². The smallest absolute Gasteiger partial charge is 0.243 e. The van der Waals surface area contributed by atoms with Crippen molar-refractivity contribution in [2.24, 2.45) is 0 Å². The number of amides is 2. The summed E-state index contributed by atoms with van der Waals surface area (Å²) in [5.74, 6) is -0.449. The van der Waals surface area contributed by atoms with Gasteiger partial charge >= 0.3 is 0 Å². The van der Waals surface area contributed by atoms with Crippen molar-refractivity contribution in [3.05, 3.63) is 99.0 Å². The van der Waals surface area contributed by atoms with Gasteiger partial charge in [-0.05, 0) is 67.6 Å². The molecule has 42 heavy (non-hydrogen) atoms. The molecule has 0 bridgehead atoms. The maximum Gasteiger partial charge on any atom is 0.243 e. The van der Waals surface area contributed by atoms with Crippen molar-refractivity contribution >= 4 is 55.1 Å². The number of carbonyl (C=O) groups excluding carboxylic acids is 2. The lowest BCUT2D eigenvalue weighted by atomic mass is 10.0. The minimum absolute atomic E-state index is 0.0529. The fraction of sp³-hybridized carbons (Fsp3) is 0.375. The minimum Gasteiger partial charge on any atom is -0.352 e. The van der Waals surface area contributed by atoms with E-state index in [-0.39, 0.29) is 43.8 Å². The topological polar surface area (TPSA) is 86.8 Å². The largest absolute Gasteiger partial charge is 0.352 e. The normalized spacial score (nSPS) is 12.8. The quantitative estimate of drug-likeness (QED) is 0.211. The van der Waals surface area contributed by atoms with Gasteiger partial charge < -0.3 is 10.2 Å². The van der Waals surface area contributed by atoms with E-state index in [0.717, 1.165) is 33.8 Å². The van der Waals surface area contributed by atoms with Gasteiger partial charge in [0.05, 0.1) is 11.9 Å².